The van der Waals surface area contributed by atoms with Gasteiger partial charge in [-0.15, -0.1) is 5.10 Å². The third-order valence-corrected chi connectivity index (χ3v) is 2.05. The van der Waals surface area contributed by atoms with Crippen LogP contribution in [0.2, 0.25) is 5.02 Å². The van der Waals surface area contributed by atoms with E-state index in [-0.39, 0.29) is 0 Å². The number of nitrogens with one attached hydrogen (secondary N) is 1. The van der Waals surface area contributed by atoms with Gasteiger partial charge in [0.2, 0.25) is 5.95 Å². The Morgan fingerprint density at radius 2 is 2.36 bits per heavy atom. The standard InChI is InChI=1S/C9H11ClN4/c1-2-5-11-9-12-8-4-3-7(10)6-14(8)13-9/h3-4,6H,2,5H2,1H3,(H,11,13). The van der Waals surface area contributed by atoms with Crippen LogP contribution in [0, 0.1) is 0 Å². The molecule has 0 bridgehead atoms. The lowest BCUT2D eigenvalue weighted by molar-refractivity contribution is 0.924. The first kappa shape index (κ1) is 9.27. The summed E-state index contributed by atoms with van der Waals surface area (Å²) in [6.07, 6.45) is 2.79. The maximum Gasteiger partial charge on any atom is 0.243 e. The zero-order valence-electron chi connectivity index (χ0n) is 7.87. The van der Waals surface area contributed by atoms with Gasteiger partial charge in [-0.25, -0.2) is 4.52 Å². The fourth-order valence-corrected chi connectivity index (χ4v) is 1.33. The number of halogens is 1. The second-order valence-corrected chi connectivity index (χ2v) is 3.45. The first-order valence-corrected chi connectivity index (χ1v) is 4.93. The van der Waals surface area contributed by atoms with Crippen LogP contribution in [0.4, 0.5) is 5.95 Å². The Labute approximate surface area is 86.9 Å². The van der Waals surface area contributed by atoms with Crippen LogP contribution in [-0.4, -0.2) is 21.1 Å². The van der Waals surface area contributed by atoms with Crippen molar-refractivity contribution < 1.29 is 0 Å². The summed E-state index contributed by atoms with van der Waals surface area (Å²) in [5.74, 6) is 0.647. The summed E-state index contributed by atoms with van der Waals surface area (Å²) < 4.78 is 1.67. The molecule has 0 atom stereocenters. The van der Waals surface area contributed by atoms with Crippen molar-refractivity contribution in [3.63, 3.8) is 0 Å². The van der Waals surface area contributed by atoms with E-state index in [0.29, 0.717) is 11.0 Å². The van der Waals surface area contributed by atoms with Gasteiger partial charge in [0.1, 0.15) is 0 Å². The molecule has 2 heterocycles. The Morgan fingerprint density at radius 1 is 1.50 bits per heavy atom. The van der Waals surface area contributed by atoms with Crippen molar-refractivity contribution in [3.05, 3.63) is 23.4 Å². The van der Waals surface area contributed by atoms with Crippen LogP contribution in [0.3, 0.4) is 0 Å². The molecule has 5 heteroatoms. The van der Waals surface area contributed by atoms with E-state index in [4.69, 9.17) is 11.6 Å². The topological polar surface area (TPSA) is 42.2 Å². The molecule has 0 spiro atoms. The van der Waals surface area contributed by atoms with E-state index in [2.05, 4.69) is 22.3 Å². The minimum Gasteiger partial charge on any atom is -0.353 e. The highest BCUT2D eigenvalue weighted by atomic mass is 35.5. The lowest BCUT2D eigenvalue weighted by Gasteiger charge is -1.94. The highest BCUT2D eigenvalue weighted by molar-refractivity contribution is 6.30. The van der Waals surface area contributed by atoms with Crippen LogP contribution in [0.5, 0.6) is 0 Å². The van der Waals surface area contributed by atoms with Crippen LogP contribution in [0.1, 0.15) is 13.3 Å². The average molecular weight is 211 g/mol. The van der Waals surface area contributed by atoms with Crippen molar-refractivity contribution in [2.24, 2.45) is 0 Å². The van der Waals surface area contributed by atoms with Gasteiger partial charge in [0.25, 0.3) is 0 Å². The van der Waals surface area contributed by atoms with Gasteiger partial charge in [0.15, 0.2) is 5.65 Å². The van der Waals surface area contributed by atoms with Gasteiger partial charge in [0, 0.05) is 12.7 Å². The van der Waals surface area contributed by atoms with Crippen LogP contribution < -0.4 is 5.32 Å². The molecular formula is C9H11ClN4. The van der Waals surface area contributed by atoms with Crippen LogP contribution in [0.15, 0.2) is 18.3 Å². The summed E-state index contributed by atoms with van der Waals surface area (Å²) in [4.78, 5) is 4.27. The normalized spacial score (nSPS) is 10.7. The largest absolute Gasteiger partial charge is 0.353 e. The van der Waals surface area contributed by atoms with Crippen molar-refractivity contribution in [2.45, 2.75) is 13.3 Å². The van der Waals surface area contributed by atoms with Gasteiger partial charge in [-0.05, 0) is 18.6 Å². The number of pyridine rings is 1. The maximum atomic E-state index is 5.82. The molecule has 0 aliphatic rings. The molecule has 2 rings (SSSR count). The molecule has 1 N–H and O–H groups in total. The van der Waals surface area contributed by atoms with Crippen molar-refractivity contribution in [1.82, 2.24) is 14.6 Å². The number of rotatable bonds is 3. The fourth-order valence-electron chi connectivity index (χ4n) is 1.17. The Morgan fingerprint density at radius 3 is 3.14 bits per heavy atom. The van der Waals surface area contributed by atoms with Crippen molar-refractivity contribution in [1.29, 1.82) is 0 Å². The molecule has 0 fully saturated rings. The molecule has 0 saturated carbocycles. The summed E-state index contributed by atoms with van der Waals surface area (Å²) in [6, 6.07) is 3.64. The number of hydrogen-bond donors (Lipinski definition) is 1. The van der Waals surface area contributed by atoms with E-state index in [1.165, 1.54) is 0 Å². The van der Waals surface area contributed by atoms with E-state index in [9.17, 15) is 0 Å². The highest BCUT2D eigenvalue weighted by Gasteiger charge is 2.01. The molecule has 0 aliphatic carbocycles. The van der Waals surface area contributed by atoms with Crippen LogP contribution >= 0.6 is 11.6 Å². The minimum atomic E-state index is 0.647. The average Bonchev–Trinajstić information content (AvgIpc) is 2.56. The Hall–Kier alpha value is -1.29. The maximum absolute atomic E-state index is 5.82. The smallest absolute Gasteiger partial charge is 0.243 e. The summed E-state index contributed by atoms with van der Waals surface area (Å²) in [5.41, 5.74) is 0.799. The number of hydrogen-bond acceptors (Lipinski definition) is 3. The van der Waals surface area contributed by atoms with Gasteiger partial charge >= 0.3 is 0 Å². The first-order chi connectivity index (χ1) is 6.79. The second kappa shape index (κ2) is 3.84. The molecular weight excluding hydrogens is 200 g/mol. The van der Waals surface area contributed by atoms with Crippen LogP contribution in [0.25, 0.3) is 5.65 Å². The van der Waals surface area contributed by atoms with Gasteiger partial charge < -0.3 is 5.32 Å². The van der Waals surface area contributed by atoms with Gasteiger partial charge in [-0.3, -0.25) is 0 Å². The molecule has 0 amide bonds. The summed E-state index contributed by atoms with van der Waals surface area (Å²) >= 11 is 5.82. The molecule has 0 saturated heterocycles. The minimum absolute atomic E-state index is 0.647. The number of aromatic nitrogens is 3. The quantitative estimate of drug-likeness (QED) is 0.845. The monoisotopic (exact) mass is 210 g/mol. The molecule has 0 unspecified atom stereocenters. The molecule has 0 aliphatic heterocycles. The van der Waals surface area contributed by atoms with E-state index in [0.717, 1.165) is 18.6 Å². The summed E-state index contributed by atoms with van der Waals surface area (Å²) in [6.45, 7) is 2.98. The summed E-state index contributed by atoms with van der Waals surface area (Å²) in [5, 5.41) is 8.00. The molecule has 14 heavy (non-hydrogen) atoms. The van der Waals surface area contributed by atoms with Crippen molar-refractivity contribution in [2.75, 3.05) is 11.9 Å². The Balaban J connectivity index is 2.32. The zero-order valence-corrected chi connectivity index (χ0v) is 8.62. The predicted molar refractivity (Wildman–Crippen MR) is 56.8 cm³/mol. The third-order valence-electron chi connectivity index (χ3n) is 1.83. The summed E-state index contributed by atoms with van der Waals surface area (Å²) in [7, 11) is 0. The second-order valence-electron chi connectivity index (χ2n) is 3.01. The molecule has 0 radical (unpaired) electrons. The zero-order chi connectivity index (χ0) is 9.97. The lowest BCUT2D eigenvalue weighted by Crippen LogP contribution is -2.01. The third kappa shape index (κ3) is 1.80. The van der Waals surface area contributed by atoms with Crippen molar-refractivity contribution >= 4 is 23.2 Å². The van der Waals surface area contributed by atoms with E-state index in [1.54, 1.807) is 16.8 Å². The molecule has 2 aromatic heterocycles. The Bertz CT molecular complexity index is 437. The first-order valence-electron chi connectivity index (χ1n) is 4.55. The SMILES string of the molecule is CCCNc1nc2ccc(Cl)cn2n1. The number of nitrogens with zero attached hydrogens (tertiary/aromatic N) is 3. The van der Waals surface area contributed by atoms with E-state index in [1.807, 2.05) is 6.07 Å². The highest BCUT2D eigenvalue weighted by Crippen LogP contribution is 2.11. The number of anilines is 1. The fraction of sp³-hybridized carbons (Fsp3) is 0.333. The van der Waals surface area contributed by atoms with Gasteiger partial charge in [-0.2, -0.15) is 4.98 Å². The van der Waals surface area contributed by atoms with Gasteiger partial charge in [0.05, 0.1) is 5.02 Å². The molecule has 4 nitrogen and oxygen atoms in total. The molecule has 2 aromatic rings. The molecule has 74 valence electrons. The van der Waals surface area contributed by atoms with E-state index >= 15 is 0 Å². The molecule has 0 aromatic carbocycles. The Kier molecular flexibility index (Phi) is 2.54. The number of fused-ring (bicyclic) bond motifs is 1. The van der Waals surface area contributed by atoms with Gasteiger partial charge in [-0.1, -0.05) is 18.5 Å². The van der Waals surface area contributed by atoms with Crippen LogP contribution in [-0.2, 0) is 0 Å². The van der Waals surface area contributed by atoms with E-state index < -0.39 is 0 Å². The predicted octanol–water partition coefficient (Wildman–Crippen LogP) is 2.20. The van der Waals surface area contributed by atoms with Crippen molar-refractivity contribution in [3.8, 4) is 0 Å². The lowest BCUT2D eigenvalue weighted by atomic mass is 10.5.